The number of aromatic amines is 1. The molecule has 1 aromatic carbocycles. The third-order valence-corrected chi connectivity index (χ3v) is 3.56. The van der Waals surface area contributed by atoms with Crippen LogP contribution in [0.2, 0.25) is 0 Å². The fourth-order valence-corrected chi connectivity index (χ4v) is 2.32. The number of likely N-dealkylation sites (N-methyl/N-ethyl adjacent to an activating group) is 1. The van der Waals surface area contributed by atoms with Crippen molar-refractivity contribution in [1.82, 2.24) is 15.2 Å². The number of rotatable bonds is 4. The number of benzene rings is 1. The standard InChI is InChI=1S/C14H19N3OS/c1-3-15-14(19)17(2)9-13(18)11-8-16-12-7-5-4-6-10(11)12/h4-8,13,16,18H,3,9H2,1-2H3,(H,15,19). The first-order valence-corrected chi connectivity index (χ1v) is 6.77. The fourth-order valence-electron chi connectivity index (χ4n) is 2.10. The second-order valence-corrected chi connectivity index (χ2v) is 4.91. The smallest absolute Gasteiger partial charge is 0.168 e. The van der Waals surface area contributed by atoms with Crippen LogP contribution in [0.5, 0.6) is 0 Å². The average molecular weight is 277 g/mol. The first-order valence-electron chi connectivity index (χ1n) is 6.36. The third kappa shape index (κ3) is 3.05. The minimum atomic E-state index is -0.572. The van der Waals surface area contributed by atoms with Gasteiger partial charge in [-0.3, -0.25) is 0 Å². The maximum atomic E-state index is 10.3. The molecular weight excluding hydrogens is 258 g/mol. The predicted molar refractivity (Wildman–Crippen MR) is 82.2 cm³/mol. The quantitative estimate of drug-likeness (QED) is 0.749. The molecular formula is C14H19N3OS. The molecule has 2 rings (SSSR count). The Labute approximate surface area is 118 Å². The molecule has 0 bridgehead atoms. The number of hydrogen-bond acceptors (Lipinski definition) is 2. The van der Waals surface area contributed by atoms with Crippen LogP contribution < -0.4 is 5.32 Å². The molecule has 1 aromatic heterocycles. The van der Waals surface area contributed by atoms with Crippen LogP contribution in [-0.4, -0.2) is 40.2 Å². The van der Waals surface area contributed by atoms with E-state index in [1.807, 2.05) is 49.3 Å². The van der Waals surface area contributed by atoms with Crippen molar-refractivity contribution >= 4 is 28.2 Å². The molecule has 0 aliphatic rings. The number of para-hydroxylation sites is 1. The van der Waals surface area contributed by atoms with Gasteiger partial charge in [0.1, 0.15) is 0 Å². The summed E-state index contributed by atoms with van der Waals surface area (Å²) in [5.74, 6) is 0. The van der Waals surface area contributed by atoms with Gasteiger partial charge in [0.05, 0.1) is 6.10 Å². The molecule has 0 amide bonds. The molecule has 0 saturated heterocycles. The number of aliphatic hydroxyl groups excluding tert-OH is 1. The van der Waals surface area contributed by atoms with Crippen LogP contribution in [0.4, 0.5) is 0 Å². The van der Waals surface area contributed by atoms with Crippen molar-refractivity contribution in [2.75, 3.05) is 20.1 Å². The van der Waals surface area contributed by atoms with E-state index >= 15 is 0 Å². The normalized spacial score (nSPS) is 12.4. The molecule has 0 radical (unpaired) electrons. The van der Waals surface area contributed by atoms with Crippen LogP contribution in [0, 0.1) is 0 Å². The summed E-state index contributed by atoms with van der Waals surface area (Å²) in [7, 11) is 1.88. The van der Waals surface area contributed by atoms with Gasteiger partial charge >= 0.3 is 0 Å². The van der Waals surface area contributed by atoms with Gasteiger partial charge < -0.3 is 20.3 Å². The molecule has 0 fully saturated rings. The maximum absolute atomic E-state index is 10.3. The van der Waals surface area contributed by atoms with Gasteiger partial charge in [-0.2, -0.15) is 0 Å². The Hall–Kier alpha value is -1.59. The highest BCUT2D eigenvalue weighted by atomic mass is 32.1. The number of H-pyrrole nitrogens is 1. The van der Waals surface area contributed by atoms with E-state index < -0.39 is 6.10 Å². The van der Waals surface area contributed by atoms with Crippen molar-refractivity contribution in [3.63, 3.8) is 0 Å². The summed E-state index contributed by atoms with van der Waals surface area (Å²) in [6.45, 7) is 3.25. The molecule has 3 N–H and O–H groups in total. The number of aliphatic hydroxyl groups is 1. The summed E-state index contributed by atoms with van der Waals surface area (Å²) in [5.41, 5.74) is 1.94. The zero-order valence-corrected chi connectivity index (χ0v) is 12.0. The number of aromatic nitrogens is 1. The van der Waals surface area contributed by atoms with Gasteiger partial charge in [-0.15, -0.1) is 0 Å². The van der Waals surface area contributed by atoms with Crippen molar-refractivity contribution < 1.29 is 5.11 Å². The van der Waals surface area contributed by atoms with Gasteiger partial charge in [0.15, 0.2) is 5.11 Å². The Morgan fingerprint density at radius 3 is 2.95 bits per heavy atom. The topological polar surface area (TPSA) is 51.3 Å². The van der Waals surface area contributed by atoms with Gasteiger partial charge in [-0.05, 0) is 25.2 Å². The highest BCUT2D eigenvalue weighted by Gasteiger charge is 2.15. The summed E-state index contributed by atoms with van der Waals surface area (Å²) in [6, 6.07) is 7.95. The predicted octanol–water partition coefficient (Wildman–Crippen LogP) is 2.03. The SMILES string of the molecule is CCNC(=S)N(C)CC(O)c1c[nH]c2ccccc12. The fraction of sp³-hybridized carbons (Fsp3) is 0.357. The number of nitrogens with zero attached hydrogens (tertiary/aromatic N) is 1. The van der Waals surface area contributed by atoms with Crippen molar-refractivity contribution in [3.8, 4) is 0 Å². The van der Waals surface area contributed by atoms with Gasteiger partial charge in [0.25, 0.3) is 0 Å². The summed E-state index contributed by atoms with van der Waals surface area (Å²) in [4.78, 5) is 5.02. The van der Waals surface area contributed by atoms with Crippen LogP contribution >= 0.6 is 12.2 Å². The highest BCUT2D eigenvalue weighted by molar-refractivity contribution is 7.80. The van der Waals surface area contributed by atoms with Gasteiger partial charge in [0.2, 0.25) is 0 Å². The number of nitrogens with one attached hydrogen (secondary N) is 2. The van der Waals surface area contributed by atoms with E-state index in [0.29, 0.717) is 11.7 Å². The molecule has 102 valence electrons. The van der Waals surface area contributed by atoms with E-state index in [9.17, 15) is 5.11 Å². The van der Waals surface area contributed by atoms with Crippen LogP contribution in [0.15, 0.2) is 30.5 Å². The van der Waals surface area contributed by atoms with Crippen molar-refractivity contribution in [3.05, 3.63) is 36.0 Å². The molecule has 1 unspecified atom stereocenters. The lowest BCUT2D eigenvalue weighted by Gasteiger charge is -2.23. The minimum absolute atomic E-state index is 0.466. The van der Waals surface area contributed by atoms with E-state index in [1.54, 1.807) is 0 Å². The molecule has 0 aliphatic carbocycles. The highest BCUT2D eigenvalue weighted by Crippen LogP contribution is 2.24. The second kappa shape index (κ2) is 6.04. The van der Waals surface area contributed by atoms with Gasteiger partial charge in [-0.1, -0.05) is 18.2 Å². The first kappa shape index (κ1) is 13.8. The van der Waals surface area contributed by atoms with E-state index in [0.717, 1.165) is 23.0 Å². The Kier molecular flexibility index (Phi) is 4.39. The Morgan fingerprint density at radius 1 is 1.47 bits per heavy atom. The molecule has 0 spiro atoms. The lowest BCUT2D eigenvalue weighted by molar-refractivity contribution is 0.153. The third-order valence-electron chi connectivity index (χ3n) is 3.10. The molecule has 1 heterocycles. The number of hydrogen-bond donors (Lipinski definition) is 3. The summed E-state index contributed by atoms with van der Waals surface area (Å²) < 4.78 is 0. The van der Waals surface area contributed by atoms with Crippen molar-refractivity contribution in [2.24, 2.45) is 0 Å². The first-order chi connectivity index (χ1) is 9.13. The van der Waals surface area contributed by atoms with Gasteiger partial charge in [0, 0.05) is 42.8 Å². The Morgan fingerprint density at radius 2 is 2.21 bits per heavy atom. The van der Waals surface area contributed by atoms with Crippen LogP contribution in [0.25, 0.3) is 10.9 Å². The van der Waals surface area contributed by atoms with E-state index in [-0.39, 0.29) is 0 Å². The molecule has 19 heavy (non-hydrogen) atoms. The van der Waals surface area contributed by atoms with E-state index in [2.05, 4.69) is 10.3 Å². The molecule has 5 heteroatoms. The molecule has 2 aromatic rings. The summed E-state index contributed by atoms with van der Waals surface area (Å²) >= 11 is 5.22. The molecule has 4 nitrogen and oxygen atoms in total. The Balaban J connectivity index is 2.11. The molecule has 0 aliphatic heterocycles. The van der Waals surface area contributed by atoms with Crippen molar-refractivity contribution in [2.45, 2.75) is 13.0 Å². The summed E-state index contributed by atoms with van der Waals surface area (Å²) in [5, 5.41) is 15.1. The maximum Gasteiger partial charge on any atom is 0.168 e. The summed E-state index contributed by atoms with van der Waals surface area (Å²) in [6.07, 6.45) is 1.29. The lowest BCUT2D eigenvalue weighted by Crippen LogP contribution is -2.39. The molecule has 0 saturated carbocycles. The van der Waals surface area contributed by atoms with Crippen molar-refractivity contribution in [1.29, 1.82) is 0 Å². The van der Waals surface area contributed by atoms with Crippen LogP contribution in [-0.2, 0) is 0 Å². The number of thiocarbonyl (C=S) groups is 1. The lowest BCUT2D eigenvalue weighted by atomic mass is 10.1. The van der Waals surface area contributed by atoms with Crippen LogP contribution in [0.3, 0.4) is 0 Å². The zero-order valence-electron chi connectivity index (χ0n) is 11.2. The number of fused-ring (bicyclic) bond motifs is 1. The van der Waals surface area contributed by atoms with E-state index in [1.165, 1.54) is 0 Å². The van der Waals surface area contributed by atoms with E-state index in [4.69, 9.17) is 12.2 Å². The Bertz CT molecular complexity index is 567. The largest absolute Gasteiger partial charge is 0.386 e. The molecule has 1 atom stereocenters. The van der Waals surface area contributed by atoms with Crippen LogP contribution in [0.1, 0.15) is 18.6 Å². The second-order valence-electron chi connectivity index (χ2n) is 4.52. The van der Waals surface area contributed by atoms with Gasteiger partial charge in [-0.25, -0.2) is 0 Å². The monoisotopic (exact) mass is 277 g/mol. The minimum Gasteiger partial charge on any atom is -0.386 e. The zero-order chi connectivity index (χ0) is 13.8. The average Bonchev–Trinajstić information content (AvgIpc) is 2.82.